The van der Waals surface area contributed by atoms with Crippen molar-refractivity contribution in [3.63, 3.8) is 0 Å². The minimum absolute atomic E-state index is 0. The standard InChI is InChI=1S/C14H11BrF3NO2.ClH/c15-9-3-6-11(12(20)7-9)13(19)8-1-4-10(5-2-8)21-14(16,17)18;/h1-7,13,20H,19H2;1H/t13-;/m1./s1. The highest BCUT2D eigenvalue weighted by atomic mass is 79.9. The number of rotatable bonds is 3. The number of hydrogen-bond donors (Lipinski definition) is 2. The molecule has 0 bridgehead atoms. The van der Waals surface area contributed by atoms with E-state index in [2.05, 4.69) is 20.7 Å². The summed E-state index contributed by atoms with van der Waals surface area (Å²) in [7, 11) is 0. The van der Waals surface area contributed by atoms with Crippen molar-refractivity contribution >= 4 is 28.3 Å². The number of phenols is 1. The number of benzene rings is 2. The molecule has 3 N–H and O–H groups in total. The van der Waals surface area contributed by atoms with Gasteiger partial charge in [0.1, 0.15) is 11.5 Å². The summed E-state index contributed by atoms with van der Waals surface area (Å²) in [5.41, 5.74) is 7.04. The second kappa shape index (κ2) is 7.21. The maximum atomic E-state index is 12.1. The first-order valence-electron chi connectivity index (χ1n) is 5.86. The molecule has 0 aliphatic heterocycles. The van der Waals surface area contributed by atoms with Crippen LogP contribution in [0.5, 0.6) is 11.5 Å². The number of phenolic OH excluding ortho intramolecular Hbond substituents is 1. The van der Waals surface area contributed by atoms with Crippen LogP contribution in [0.1, 0.15) is 17.2 Å². The molecular weight excluding hydrogens is 387 g/mol. The van der Waals surface area contributed by atoms with Crippen LogP contribution in [0.25, 0.3) is 0 Å². The summed E-state index contributed by atoms with van der Waals surface area (Å²) in [4.78, 5) is 0. The van der Waals surface area contributed by atoms with Gasteiger partial charge in [0.2, 0.25) is 0 Å². The van der Waals surface area contributed by atoms with Crippen LogP contribution in [0.3, 0.4) is 0 Å². The number of aromatic hydroxyl groups is 1. The lowest BCUT2D eigenvalue weighted by molar-refractivity contribution is -0.274. The Labute approximate surface area is 139 Å². The van der Waals surface area contributed by atoms with Crippen molar-refractivity contribution in [1.29, 1.82) is 0 Å². The predicted molar refractivity (Wildman–Crippen MR) is 82.2 cm³/mol. The number of ether oxygens (including phenoxy) is 1. The second-order valence-corrected chi connectivity index (χ2v) is 5.21. The quantitative estimate of drug-likeness (QED) is 0.799. The highest BCUT2D eigenvalue weighted by Gasteiger charge is 2.31. The van der Waals surface area contributed by atoms with E-state index in [-0.39, 0.29) is 23.9 Å². The summed E-state index contributed by atoms with van der Waals surface area (Å²) in [6.45, 7) is 0. The minimum atomic E-state index is -4.73. The Hall–Kier alpha value is -1.44. The molecule has 0 aliphatic rings. The zero-order chi connectivity index (χ0) is 15.6. The molecule has 0 unspecified atom stereocenters. The predicted octanol–water partition coefficient (Wildman–Crippen LogP) is 4.52. The summed E-state index contributed by atoms with van der Waals surface area (Å²) < 4.78 is 40.7. The lowest BCUT2D eigenvalue weighted by Crippen LogP contribution is -2.17. The molecule has 0 amide bonds. The molecule has 120 valence electrons. The van der Waals surface area contributed by atoms with Crippen molar-refractivity contribution in [2.24, 2.45) is 5.73 Å². The molecule has 0 heterocycles. The molecule has 0 saturated heterocycles. The highest BCUT2D eigenvalue weighted by molar-refractivity contribution is 9.10. The molecule has 2 rings (SSSR count). The Balaban J connectivity index is 0.00000242. The lowest BCUT2D eigenvalue weighted by Gasteiger charge is -2.15. The van der Waals surface area contributed by atoms with Crippen LogP contribution >= 0.6 is 28.3 Å². The lowest BCUT2D eigenvalue weighted by atomic mass is 9.99. The van der Waals surface area contributed by atoms with Crippen molar-refractivity contribution < 1.29 is 23.0 Å². The van der Waals surface area contributed by atoms with E-state index in [9.17, 15) is 18.3 Å². The Morgan fingerprint density at radius 2 is 1.68 bits per heavy atom. The molecule has 1 atom stereocenters. The van der Waals surface area contributed by atoms with Crippen LogP contribution in [0.4, 0.5) is 13.2 Å². The third-order valence-electron chi connectivity index (χ3n) is 2.80. The highest BCUT2D eigenvalue weighted by Crippen LogP contribution is 2.31. The molecule has 2 aromatic carbocycles. The molecule has 0 spiro atoms. The number of nitrogens with two attached hydrogens (primary N) is 1. The molecule has 0 aromatic heterocycles. The summed E-state index contributed by atoms with van der Waals surface area (Å²) in [6, 6.07) is 9.41. The fraction of sp³-hybridized carbons (Fsp3) is 0.143. The number of hydrogen-bond acceptors (Lipinski definition) is 3. The van der Waals surface area contributed by atoms with Gasteiger partial charge >= 0.3 is 6.36 Å². The topological polar surface area (TPSA) is 55.5 Å². The van der Waals surface area contributed by atoms with Gasteiger partial charge in [-0.25, -0.2) is 0 Å². The molecule has 8 heteroatoms. The summed E-state index contributed by atoms with van der Waals surface area (Å²) >= 11 is 3.22. The van der Waals surface area contributed by atoms with Crippen molar-refractivity contribution in [3.05, 3.63) is 58.1 Å². The van der Waals surface area contributed by atoms with Crippen molar-refractivity contribution in [3.8, 4) is 11.5 Å². The van der Waals surface area contributed by atoms with Gasteiger partial charge in [-0.2, -0.15) is 0 Å². The first-order valence-corrected chi connectivity index (χ1v) is 6.65. The van der Waals surface area contributed by atoms with Crippen molar-refractivity contribution in [2.75, 3.05) is 0 Å². The van der Waals surface area contributed by atoms with Crippen molar-refractivity contribution in [1.82, 2.24) is 0 Å². The average molecular weight is 399 g/mol. The second-order valence-electron chi connectivity index (χ2n) is 4.30. The van der Waals surface area contributed by atoms with E-state index in [1.165, 1.54) is 30.3 Å². The van der Waals surface area contributed by atoms with Gasteiger partial charge in [-0.05, 0) is 29.8 Å². The van der Waals surface area contributed by atoms with E-state index in [0.29, 0.717) is 15.6 Å². The molecule has 0 fully saturated rings. The Kier molecular flexibility index (Phi) is 6.10. The van der Waals surface area contributed by atoms with Crippen LogP contribution in [-0.4, -0.2) is 11.5 Å². The number of halogens is 5. The fourth-order valence-corrected chi connectivity index (χ4v) is 2.19. The van der Waals surface area contributed by atoms with E-state index in [1.54, 1.807) is 12.1 Å². The van der Waals surface area contributed by atoms with E-state index < -0.39 is 12.4 Å². The summed E-state index contributed by atoms with van der Waals surface area (Å²) in [5, 5.41) is 9.85. The van der Waals surface area contributed by atoms with Gasteiger partial charge in [0.25, 0.3) is 0 Å². The van der Waals surface area contributed by atoms with Gasteiger partial charge in [0.15, 0.2) is 0 Å². The van der Waals surface area contributed by atoms with Gasteiger partial charge in [-0.3, -0.25) is 0 Å². The van der Waals surface area contributed by atoms with Crippen LogP contribution in [0.15, 0.2) is 46.9 Å². The van der Waals surface area contributed by atoms with Gasteiger partial charge in [0, 0.05) is 10.0 Å². The molecule has 0 aliphatic carbocycles. The zero-order valence-corrected chi connectivity index (χ0v) is 13.4. The Bertz CT molecular complexity index is 635. The average Bonchev–Trinajstić information content (AvgIpc) is 2.37. The SMILES string of the molecule is Cl.N[C@H](c1ccc(OC(F)(F)F)cc1)c1ccc(Br)cc1O. The zero-order valence-electron chi connectivity index (χ0n) is 11.0. The largest absolute Gasteiger partial charge is 0.573 e. The Morgan fingerprint density at radius 1 is 1.09 bits per heavy atom. The van der Waals surface area contributed by atoms with Gasteiger partial charge in [0.05, 0.1) is 6.04 Å². The Morgan fingerprint density at radius 3 is 2.18 bits per heavy atom. The van der Waals surface area contributed by atoms with Crippen LogP contribution < -0.4 is 10.5 Å². The first-order chi connectivity index (χ1) is 9.76. The monoisotopic (exact) mass is 397 g/mol. The molecule has 0 saturated carbocycles. The minimum Gasteiger partial charge on any atom is -0.508 e. The molecule has 2 aromatic rings. The van der Waals surface area contributed by atoms with Crippen LogP contribution in [-0.2, 0) is 0 Å². The smallest absolute Gasteiger partial charge is 0.508 e. The first kappa shape index (κ1) is 18.6. The number of alkyl halides is 3. The van der Waals surface area contributed by atoms with Gasteiger partial charge in [-0.15, -0.1) is 25.6 Å². The third-order valence-corrected chi connectivity index (χ3v) is 3.29. The summed E-state index contributed by atoms with van der Waals surface area (Å²) in [6.07, 6.45) is -4.73. The molecule has 0 radical (unpaired) electrons. The van der Waals surface area contributed by atoms with E-state index in [1.807, 2.05) is 0 Å². The molecule has 22 heavy (non-hydrogen) atoms. The molecule has 3 nitrogen and oxygen atoms in total. The van der Waals surface area contributed by atoms with E-state index in [0.717, 1.165) is 0 Å². The van der Waals surface area contributed by atoms with Gasteiger partial charge < -0.3 is 15.6 Å². The van der Waals surface area contributed by atoms with E-state index >= 15 is 0 Å². The van der Waals surface area contributed by atoms with Crippen LogP contribution in [0.2, 0.25) is 0 Å². The normalized spacial score (nSPS) is 12.4. The van der Waals surface area contributed by atoms with Gasteiger partial charge in [-0.1, -0.05) is 34.1 Å². The van der Waals surface area contributed by atoms with Crippen LogP contribution in [0, 0.1) is 0 Å². The van der Waals surface area contributed by atoms with Crippen molar-refractivity contribution in [2.45, 2.75) is 12.4 Å². The third kappa shape index (κ3) is 4.79. The summed E-state index contributed by atoms with van der Waals surface area (Å²) in [5.74, 6) is -0.314. The van der Waals surface area contributed by atoms with E-state index in [4.69, 9.17) is 5.73 Å². The maximum absolute atomic E-state index is 12.1. The maximum Gasteiger partial charge on any atom is 0.573 e. The fourth-order valence-electron chi connectivity index (χ4n) is 1.84. The molecular formula is C14H12BrClF3NO2.